The Morgan fingerprint density at radius 2 is 2.20 bits per heavy atom. The monoisotopic (exact) mass is 411 g/mol. The number of methoxy groups -OCH3 is 1. The van der Waals surface area contributed by atoms with E-state index in [-0.39, 0.29) is 36.8 Å². The van der Waals surface area contributed by atoms with Gasteiger partial charge in [-0.3, -0.25) is 4.79 Å². The van der Waals surface area contributed by atoms with E-state index in [1.54, 1.807) is 7.11 Å². The van der Waals surface area contributed by atoms with E-state index in [1.807, 2.05) is 18.2 Å². The number of benzene rings is 1. The number of hydrogen-bond acceptors (Lipinski definition) is 4. The number of ether oxygens (including phenoxy) is 1. The number of nitrogens with one attached hydrogen (secondary N) is 1. The number of carbonyl (C=O) groups excluding carboxylic acids is 1. The van der Waals surface area contributed by atoms with Gasteiger partial charge in [-0.1, -0.05) is 17.7 Å². The van der Waals surface area contributed by atoms with Crippen molar-refractivity contribution in [2.24, 2.45) is 11.7 Å². The van der Waals surface area contributed by atoms with Crippen LogP contribution in [-0.4, -0.2) is 45.3 Å². The number of carbonyl (C=O) groups is 1. The predicted molar refractivity (Wildman–Crippen MR) is 108 cm³/mol. The molecule has 8 heteroatoms. The van der Waals surface area contributed by atoms with Gasteiger partial charge in [-0.15, -0.1) is 24.8 Å². The van der Waals surface area contributed by atoms with Crippen LogP contribution in [0.3, 0.4) is 0 Å². The predicted octanol–water partition coefficient (Wildman–Crippen LogP) is 2.80. The number of nitrogens with two attached hydrogens (primary N) is 1. The van der Waals surface area contributed by atoms with Crippen molar-refractivity contribution >= 4 is 48.0 Å². The average Bonchev–Trinajstić information content (AvgIpc) is 3.01. The fourth-order valence-electron chi connectivity index (χ4n) is 2.94. The van der Waals surface area contributed by atoms with E-state index >= 15 is 0 Å². The van der Waals surface area contributed by atoms with Gasteiger partial charge in [0.2, 0.25) is 5.91 Å². The summed E-state index contributed by atoms with van der Waals surface area (Å²) >= 11 is 6.10. The minimum atomic E-state index is -0.204. The minimum Gasteiger partial charge on any atom is -0.380 e. The van der Waals surface area contributed by atoms with E-state index in [0.29, 0.717) is 25.4 Å². The third-order valence-corrected chi connectivity index (χ3v) is 4.63. The van der Waals surface area contributed by atoms with Crippen molar-refractivity contribution < 1.29 is 9.53 Å². The standard InChI is InChI=1S/C17H26ClN3O2.2ClH/c1-12-3-4-14(18)7-16(12)21-6-5-13(11-21)10-20-17(22)8-15(9-19)23-2;;/h3-4,7,13,15H,5-6,8-11,19H2,1-2H3,(H,20,22);2*1H. The average molecular weight is 413 g/mol. The van der Waals surface area contributed by atoms with E-state index in [4.69, 9.17) is 22.1 Å². The van der Waals surface area contributed by atoms with Crippen molar-refractivity contribution in [3.63, 3.8) is 0 Å². The van der Waals surface area contributed by atoms with Crippen molar-refractivity contribution in [2.75, 3.05) is 38.2 Å². The molecule has 0 bridgehead atoms. The highest BCUT2D eigenvalue weighted by Gasteiger charge is 2.24. The highest BCUT2D eigenvalue weighted by Crippen LogP contribution is 2.29. The topological polar surface area (TPSA) is 67.6 Å². The number of hydrogen-bond donors (Lipinski definition) is 2. The van der Waals surface area contributed by atoms with Gasteiger partial charge in [0.25, 0.3) is 0 Å². The van der Waals surface area contributed by atoms with E-state index in [0.717, 1.165) is 24.5 Å². The summed E-state index contributed by atoms with van der Waals surface area (Å²) in [5.74, 6) is 0.455. The zero-order valence-corrected chi connectivity index (χ0v) is 17.1. The van der Waals surface area contributed by atoms with Gasteiger partial charge >= 0.3 is 0 Å². The maximum Gasteiger partial charge on any atom is 0.222 e. The molecule has 1 heterocycles. The highest BCUT2D eigenvalue weighted by atomic mass is 35.5. The fraction of sp³-hybridized carbons (Fsp3) is 0.588. The summed E-state index contributed by atoms with van der Waals surface area (Å²) in [5, 5.41) is 3.75. The van der Waals surface area contributed by atoms with Gasteiger partial charge in [0.1, 0.15) is 0 Å². The third kappa shape index (κ3) is 7.19. The second kappa shape index (κ2) is 11.8. The Bertz CT molecular complexity index is 542. The maximum atomic E-state index is 11.9. The number of nitrogens with zero attached hydrogens (tertiary/aromatic N) is 1. The number of anilines is 1. The first-order valence-electron chi connectivity index (χ1n) is 8.04. The minimum absolute atomic E-state index is 0. The van der Waals surface area contributed by atoms with Crippen molar-refractivity contribution in [1.82, 2.24) is 5.32 Å². The molecule has 1 aromatic rings. The maximum absolute atomic E-state index is 11.9. The number of halogens is 3. The summed E-state index contributed by atoms with van der Waals surface area (Å²) in [4.78, 5) is 14.2. The first-order valence-corrected chi connectivity index (χ1v) is 8.42. The first kappa shape index (κ1) is 24.3. The van der Waals surface area contributed by atoms with Crippen molar-refractivity contribution in [3.8, 4) is 0 Å². The first-order chi connectivity index (χ1) is 11.0. The Morgan fingerprint density at radius 3 is 2.84 bits per heavy atom. The van der Waals surface area contributed by atoms with Gasteiger partial charge in [0, 0.05) is 44.0 Å². The second-order valence-electron chi connectivity index (χ2n) is 6.13. The Balaban J connectivity index is 0.00000288. The van der Waals surface area contributed by atoms with Crippen LogP contribution in [0.15, 0.2) is 18.2 Å². The molecular formula is C17H28Cl3N3O2. The van der Waals surface area contributed by atoms with Crippen LogP contribution >= 0.6 is 36.4 Å². The fourth-order valence-corrected chi connectivity index (χ4v) is 3.11. The second-order valence-corrected chi connectivity index (χ2v) is 6.57. The quantitative estimate of drug-likeness (QED) is 0.722. The van der Waals surface area contributed by atoms with Crippen LogP contribution in [0, 0.1) is 12.8 Å². The Kier molecular flexibility index (Phi) is 11.5. The summed E-state index contributed by atoms with van der Waals surface area (Å²) in [7, 11) is 1.58. The molecule has 0 saturated carbocycles. The summed E-state index contributed by atoms with van der Waals surface area (Å²) in [6.07, 6.45) is 1.18. The molecule has 1 saturated heterocycles. The van der Waals surface area contributed by atoms with Crippen LogP contribution in [0.1, 0.15) is 18.4 Å². The van der Waals surface area contributed by atoms with E-state index < -0.39 is 0 Å². The van der Waals surface area contributed by atoms with Crippen LogP contribution in [-0.2, 0) is 9.53 Å². The molecule has 2 atom stereocenters. The molecule has 25 heavy (non-hydrogen) atoms. The molecule has 144 valence electrons. The Morgan fingerprint density at radius 1 is 1.48 bits per heavy atom. The lowest BCUT2D eigenvalue weighted by Gasteiger charge is -2.21. The lowest BCUT2D eigenvalue weighted by molar-refractivity contribution is -0.123. The SMILES string of the molecule is COC(CN)CC(=O)NCC1CCN(c2cc(Cl)ccc2C)C1.Cl.Cl. The van der Waals surface area contributed by atoms with Crippen LogP contribution in [0.25, 0.3) is 0 Å². The van der Waals surface area contributed by atoms with Crippen LogP contribution in [0.2, 0.25) is 5.02 Å². The lowest BCUT2D eigenvalue weighted by Crippen LogP contribution is -2.35. The summed E-state index contributed by atoms with van der Waals surface area (Å²) < 4.78 is 5.13. The van der Waals surface area contributed by atoms with Crippen LogP contribution < -0.4 is 16.0 Å². The van der Waals surface area contributed by atoms with Gasteiger partial charge in [0.15, 0.2) is 0 Å². The molecule has 1 fully saturated rings. The van der Waals surface area contributed by atoms with Gasteiger partial charge in [0.05, 0.1) is 12.5 Å². The molecule has 5 nitrogen and oxygen atoms in total. The van der Waals surface area contributed by atoms with Gasteiger partial charge < -0.3 is 20.7 Å². The van der Waals surface area contributed by atoms with E-state index in [1.165, 1.54) is 11.3 Å². The van der Waals surface area contributed by atoms with E-state index in [9.17, 15) is 4.79 Å². The Labute approximate surface area is 167 Å². The highest BCUT2D eigenvalue weighted by molar-refractivity contribution is 6.30. The van der Waals surface area contributed by atoms with Crippen LogP contribution in [0.4, 0.5) is 5.69 Å². The van der Waals surface area contributed by atoms with Crippen molar-refractivity contribution in [2.45, 2.75) is 25.9 Å². The molecule has 0 spiro atoms. The zero-order chi connectivity index (χ0) is 16.8. The smallest absolute Gasteiger partial charge is 0.222 e. The van der Waals surface area contributed by atoms with Crippen LogP contribution in [0.5, 0.6) is 0 Å². The summed E-state index contributed by atoms with van der Waals surface area (Å²) in [6.45, 7) is 5.07. The molecule has 3 N–H and O–H groups in total. The summed E-state index contributed by atoms with van der Waals surface area (Å²) in [6, 6.07) is 5.98. The molecular weight excluding hydrogens is 385 g/mol. The van der Waals surface area contributed by atoms with Gasteiger partial charge in [-0.05, 0) is 37.0 Å². The molecule has 0 aliphatic carbocycles. The molecule has 2 unspecified atom stereocenters. The van der Waals surface area contributed by atoms with Crippen molar-refractivity contribution in [1.29, 1.82) is 0 Å². The van der Waals surface area contributed by atoms with Gasteiger partial charge in [-0.25, -0.2) is 0 Å². The molecule has 1 aliphatic heterocycles. The lowest BCUT2D eigenvalue weighted by atomic mass is 10.1. The largest absolute Gasteiger partial charge is 0.380 e. The molecule has 0 aromatic heterocycles. The van der Waals surface area contributed by atoms with Gasteiger partial charge in [-0.2, -0.15) is 0 Å². The zero-order valence-electron chi connectivity index (χ0n) is 14.7. The van der Waals surface area contributed by atoms with Crippen molar-refractivity contribution in [3.05, 3.63) is 28.8 Å². The third-order valence-electron chi connectivity index (χ3n) is 4.39. The molecule has 1 aliphatic rings. The number of amides is 1. The normalized spacial score (nSPS) is 17.4. The number of rotatable bonds is 7. The van der Waals surface area contributed by atoms with E-state index in [2.05, 4.69) is 17.1 Å². The molecule has 1 amide bonds. The Hall–Kier alpha value is -0.720. The molecule has 2 rings (SSSR count). The summed E-state index contributed by atoms with van der Waals surface area (Å²) in [5.41, 5.74) is 7.95. The molecule has 1 aromatic carbocycles. The molecule has 0 radical (unpaired) electrons. The number of aryl methyl sites for hydroxylation is 1.